The molecule has 0 aromatic heterocycles. The second-order valence-corrected chi connectivity index (χ2v) is 7.99. The van der Waals surface area contributed by atoms with Crippen LogP contribution in [0, 0.1) is 0 Å². The minimum atomic E-state index is -0.582. The molecule has 0 spiro atoms. The van der Waals surface area contributed by atoms with E-state index in [1.807, 2.05) is 0 Å². The van der Waals surface area contributed by atoms with Crippen LogP contribution in [0.2, 0.25) is 5.02 Å². The summed E-state index contributed by atoms with van der Waals surface area (Å²) in [5.74, 6) is -0.485. The van der Waals surface area contributed by atoms with Crippen LogP contribution in [0.4, 0.5) is 10.5 Å². The van der Waals surface area contributed by atoms with Gasteiger partial charge in [0, 0.05) is 25.2 Å². The molecule has 0 aliphatic rings. The van der Waals surface area contributed by atoms with E-state index in [2.05, 4.69) is 16.0 Å². The maximum Gasteiger partial charge on any atom is 0.407 e. The number of halogens is 1. The number of amides is 3. The molecule has 30 heavy (non-hydrogen) atoms. The third-order valence-corrected chi connectivity index (χ3v) is 4.16. The van der Waals surface area contributed by atoms with E-state index in [-0.39, 0.29) is 24.8 Å². The molecular weight excluding hydrogens is 406 g/mol. The summed E-state index contributed by atoms with van der Waals surface area (Å²) in [7, 11) is 0. The molecular formula is C22H26ClN3O4. The molecule has 160 valence electrons. The molecule has 2 aromatic carbocycles. The summed E-state index contributed by atoms with van der Waals surface area (Å²) in [5, 5.41) is 8.50. The molecule has 0 heterocycles. The Kier molecular flexibility index (Phi) is 8.24. The van der Waals surface area contributed by atoms with Crippen molar-refractivity contribution in [1.29, 1.82) is 0 Å². The highest BCUT2D eigenvalue weighted by molar-refractivity contribution is 6.33. The van der Waals surface area contributed by atoms with Crippen molar-refractivity contribution in [3.05, 3.63) is 64.7 Å². The summed E-state index contributed by atoms with van der Waals surface area (Å²) in [6.45, 7) is 5.81. The molecule has 2 rings (SSSR count). The normalized spacial score (nSPS) is 10.8. The van der Waals surface area contributed by atoms with Crippen LogP contribution in [0.25, 0.3) is 0 Å². The van der Waals surface area contributed by atoms with Crippen LogP contribution in [-0.2, 0) is 16.1 Å². The molecule has 3 N–H and O–H groups in total. The predicted molar refractivity (Wildman–Crippen MR) is 117 cm³/mol. The Hall–Kier alpha value is -3.06. The van der Waals surface area contributed by atoms with Crippen molar-refractivity contribution in [2.45, 2.75) is 39.3 Å². The van der Waals surface area contributed by atoms with Crippen molar-refractivity contribution in [3.8, 4) is 0 Å². The van der Waals surface area contributed by atoms with Gasteiger partial charge in [0.05, 0.1) is 10.6 Å². The standard InChI is InChI=1S/C22H26ClN3O4/c1-22(2,3)30-21(29)24-13-12-19(27)26-16-10-8-15(9-11-16)14-25-20(28)17-6-4-5-7-18(17)23/h4-11H,12-14H2,1-3H3,(H,24,29)(H,25,28)(H,26,27). The van der Waals surface area contributed by atoms with Crippen LogP contribution < -0.4 is 16.0 Å². The van der Waals surface area contributed by atoms with Gasteiger partial charge in [-0.2, -0.15) is 0 Å². The number of carbonyl (C=O) groups excluding carboxylic acids is 3. The number of benzene rings is 2. The van der Waals surface area contributed by atoms with Gasteiger partial charge in [-0.15, -0.1) is 0 Å². The molecule has 0 fully saturated rings. The summed E-state index contributed by atoms with van der Waals surface area (Å²) in [4.78, 5) is 35.7. The van der Waals surface area contributed by atoms with Crippen LogP contribution in [0.3, 0.4) is 0 Å². The fourth-order valence-electron chi connectivity index (χ4n) is 2.44. The van der Waals surface area contributed by atoms with E-state index in [4.69, 9.17) is 16.3 Å². The summed E-state index contributed by atoms with van der Waals surface area (Å²) < 4.78 is 5.11. The van der Waals surface area contributed by atoms with Gasteiger partial charge >= 0.3 is 6.09 Å². The van der Waals surface area contributed by atoms with Gasteiger partial charge in [-0.3, -0.25) is 9.59 Å². The van der Waals surface area contributed by atoms with Gasteiger partial charge in [0.1, 0.15) is 5.60 Å². The molecule has 0 unspecified atom stereocenters. The number of ether oxygens (including phenoxy) is 1. The van der Waals surface area contributed by atoms with Crippen molar-refractivity contribution in [2.24, 2.45) is 0 Å². The van der Waals surface area contributed by atoms with Gasteiger partial charge in [0.15, 0.2) is 0 Å². The Morgan fingerprint density at radius 1 is 0.967 bits per heavy atom. The lowest BCUT2D eigenvalue weighted by Crippen LogP contribution is -2.34. The molecule has 0 saturated heterocycles. The van der Waals surface area contributed by atoms with Crippen LogP contribution in [0.15, 0.2) is 48.5 Å². The highest BCUT2D eigenvalue weighted by Gasteiger charge is 2.16. The Bertz CT molecular complexity index is 892. The first-order chi connectivity index (χ1) is 14.1. The minimum absolute atomic E-state index is 0.120. The predicted octanol–water partition coefficient (Wildman–Crippen LogP) is 4.12. The molecule has 3 amide bonds. The third-order valence-electron chi connectivity index (χ3n) is 3.83. The number of alkyl carbamates (subject to hydrolysis) is 1. The quantitative estimate of drug-likeness (QED) is 0.614. The molecule has 0 saturated carbocycles. The van der Waals surface area contributed by atoms with E-state index in [9.17, 15) is 14.4 Å². The molecule has 8 heteroatoms. The summed E-state index contributed by atoms with van der Waals surface area (Å²) >= 11 is 6.02. The zero-order valence-corrected chi connectivity index (χ0v) is 18.0. The van der Waals surface area contributed by atoms with Gasteiger partial charge in [-0.05, 0) is 50.6 Å². The van der Waals surface area contributed by atoms with Crippen molar-refractivity contribution in [1.82, 2.24) is 10.6 Å². The van der Waals surface area contributed by atoms with Crippen LogP contribution in [0.5, 0.6) is 0 Å². The summed E-state index contributed by atoms with van der Waals surface area (Å²) in [6.07, 6.45) is -0.437. The Balaban J connectivity index is 1.75. The Morgan fingerprint density at radius 3 is 2.27 bits per heavy atom. The topological polar surface area (TPSA) is 96.5 Å². The smallest absolute Gasteiger partial charge is 0.407 e. The fraction of sp³-hybridized carbons (Fsp3) is 0.318. The maximum atomic E-state index is 12.2. The highest BCUT2D eigenvalue weighted by Crippen LogP contribution is 2.15. The van der Waals surface area contributed by atoms with Crippen molar-refractivity contribution < 1.29 is 19.1 Å². The van der Waals surface area contributed by atoms with Crippen molar-refractivity contribution >= 4 is 35.2 Å². The molecule has 0 atom stereocenters. The Labute approximate surface area is 181 Å². The third kappa shape index (κ3) is 8.13. The zero-order valence-electron chi connectivity index (χ0n) is 17.3. The molecule has 0 aliphatic carbocycles. The van der Waals surface area contributed by atoms with Gasteiger partial charge in [-0.25, -0.2) is 4.79 Å². The van der Waals surface area contributed by atoms with E-state index in [1.54, 1.807) is 69.3 Å². The number of carbonyl (C=O) groups is 3. The number of hydrogen-bond acceptors (Lipinski definition) is 4. The average Bonchev–Trinajstić information content (AvgIpc) is 2.66. The van der Waals surface area contributed by atoms with Crippen molar-refractivity contribution in [2.75, 3.05) is 11.9 Å². The molecule has 2 aromatic rings. The minimum Gasteiger partial charge on any atom is -0.444 e. The van der Waals surface area contributed by atoms with Crippen molar-refractivity contribution in [3.63, 3.8) is 0 Å². The van der Waals surface area contributed by atoms with Gasteiger partial charge in [0.2, 0.25) is 5.91 Å². The van der Waals surface area contributed by atoms with Crippen LogP contribution in [-0.4, -0.2) is 30.1 Å². The van der Waals surface area contributed by atoms with Gasteiger partial charge in [-0.1, -0.05) is 35.9 Å². The monoisotopic (exact) mass is 431 g/mol. The molecule has 0 radical (unpaired) electrons. The lowest BCUT2D eigenvalue weighted by atomic mass is 10.1. The first-order valence-electron chi connectivity index (χ1n) is 9.52. The molecule has 0 aliphatic heterocycles. The lowest BCUT2D eigenvalue weighted by molar-refractivity contribution is -0.116. The van der Waals surface area contributed by atoms with E-state index in [0.29, 0.717) is 22.8 Å². The zero-order chi connectivity index (χ0) is 22.1. The number of anilines is 1. The van der Waals surface area contributed by atoms with E-state index in [0.717, 1.165) is 5.56 Å². The highest BCUT2D eigenvalue weighted by atomic mass is 35.5. The van der Waals surface area contributed by atoms with E-state index < -0.39 is 11.7 Å². The van der Waals surface area contributed by atoms with E-state index in [1.165, 1.54) is 0 Å². The fourth-order valence-corrected chi connectivity index (χ4v) is 2.67. The number of nitrogens with one attached hydrogen (secondary N) is 3. The number of hydrogen-bond donors (Lipinski definition) is 3. The first kappa shape index (κ1) is 23.2. The Morgan fingerprint density at radius 2 is 1.63 bits per heavy atom. The largest absolute Gasteiger partial charge is 0.444 e. The SMILES string of the molecule is CC(C)(C)OC(=O)NCCC(=O)Nc1ccc(CNC(=O)c2ccccc2Cl)cc1. The molecule has 7 nitrogen and oxygen atoms in total. The second-order valence-electron chi connectivity index (χ2n) is 7.59. The van der Waals surface area contributed by atoms with E-state index >= 15 is 0 Å². The first-order valence-corrected chi connectivity index (χ1v) is 9.90. The molecule has 0 bridgehead atoms. The summed E-state index contributed by atoms with van der Waals surface area (Å²) in [5.41, 5.74) is 1.34. The summed E-state index contributed by atoms with van der Waals surface area (Å²) in [6, 6.07) is 13.9. The van der Waals surface area contributed by atoms with Gasteiger partial charge in [0.25, 0.3) is 5.91 Å². The van der Waals surface area contributed by atoms with Crippen LogP contribution in [0.1, 0.15) is 43.1 Å². The number of rotatable bonds is 7. The second kappa shape index (κ2) is 10.6. The van der Waals surface area contributed by atoms with Gasteiger partial charge < -0.3 is 20.7 Å². The average molecular weight is 432 g/mol. The lowest BCUT2D eigenvalue weighted by Gasteiger charge is -2.19. The van der Waals surface area contributed by atoms with Crippen LogP contribution >= 0.6 is 11.6 Å². The maximum absolute atomic E-state index is 12.2.